The summed E-state index contributed by atoms with van der Waals surface area (Å²) in [5, 5.41) is 5.64. The minimum atomic E-state index is -0.775. The standard InChI is InChI=1S/C12H13BrF2N2O/c13-8-5-11(10(15)6-9(8)14)17-12(18)4-7-2-1-3-16-7/h5-7,16H,1-4H2,(H,17,18). The second-order valence-corrected chi connectivity index (χ2v) is 5.15. The molecule has 0 spiro atoms. The van der Waals surface area contributed by atoms with Crippen molar-refractivity contribution in [3.05, 3.63) is 28.2 Å². The van der Waals surface area contributed by atoms with E-state index in [4.69, 9.17) is 0 Å². The van der Waals surface area contributed by atoms with Crippen LogP contribution in [0.3, 0.4) is 0 Å². The van der Waals surface area contributed by atoms with Crippen LogP contribution in [-0.4, -0.2) is 18.5 Å². The first-order valence-corrected chi connectivity index (χ1v) is 6.53. The lowest BCUT2D eigenvalue weighted by atomic mass is 10.1. The molecule has 1 aromatic rings. The SMILES string of the molecule is O=C(CC1CCCN1)Nc1cc(Br)c(F)cc1F. The highest BCUT2D eigenvalue weighted by Crippen LogP contribution is 2.24. The summed E-state index contributed by atoms with van der Waals surface area (Å²) < 4.78 is 26.6. The smallest absolute Gasteiger partial charge is 0.226 e. The normalized spacial score (nSPS) is 18.9. The molecule has 0 radical (unpaired) electrons. The van der Waals surface area contributed by atoms with Crippen molar-refractivity contribution in [1.82, 2.24) is 5.32 Å². The first-order chi connectivity index (χ1) is 8.56. The van der Waals surface area contributed by atoms with Crippen molar-refractivity contribution in [2.75, 3.05) is 11.9 Å². The zero-order chi connectivity index (χ0) is 13.1. The number of carbonyl (C=O) groups excluding carboxylic acids is 1. The van der Waals surface area contributed by atoms with Crippen molar-refractivity contribution in [3.8, 4) is 0 Å². The highest BCUT2D eigenvalue weighted by molar-refractivity contribution is 9.10. The summed E-state index contributed by atoms with van der Waals surface area (Å²) in [6, 6.07) is 2.12. The summed E-state index contributed by atoms with van der Waals surface area (Å²) in [5.74, 6) is -1.74. The highest BCUT2D eigenvalue weighted by atomic mass is 79.9. The minimum absolute atomic E-state index is 0.00808. The zero-order valence-corrected chi connectivity index (χ0v) is 11.2. The maximum atomic E-state index is 13.4. The molecule has 1 unspecified atom stereocenters. The molecule has 3 nitrogen and oxygen atoms in total. The van der Waals surface area contributed by atoms with Gasteiger partial charge in [0.15, 0.2) is 0 Å². The van der Waals surface area contributed by atoms with Gasteiger partial charge in [-0.2, -0.15) is 0 Å². The molecule has 1 aromatic carbocycles. The molecule has 1 aliphatic rings. The molecule has 98 valence electrons. The van der Waals surface area contributed by atoms with Crippen LogP contribution < -0.4 is 10.6 Å². The van der Waals surface area contributed by atoms with Gasteiger partial charge in [0.25, 0.3) is 0 Å². The lowest BCUT2D eigenvalue weighted by Crippen LogP contribution is -2.27. The van der Waals surface area contributed by atoms with Crippen molar-refractivity contribution in [3.63, 3.8) is 0 Å². The molecule has 0 aromatic heterocycles. The molecule has 1 heterocycles. The van der Waals surface area contributed by atoms with Gasteiger partial charge < -0.3 is 10.6 Å². The predicted molar refractivity (Wildman–Crippen MR) is 68.3 cm³/mol. The van der Waals surface area contributed by atoms with Crippen LogP contribution in [0.15, 0.2) is 16.6 Å². The van der Waals surface area contributed by atoms with E-state index in [0.717, 1.165) is 25.5 Å². The third-order valence-electron chi connectivity index (χ3n) is 2.88. The fraction of sp³-hybridized carbons (Fsp3) is 0.417. The van der Waals surface area contributed by atoms with Crippen LogP contribution in [0.4, 0.5) is 14.5 Å². The van der Waals surface area contributed by atoms with E-state index in [1.165, 1.54) is 6.07 Å². The zero-order valence-electron chi connectivity index (χ0n) is 9.60. The number of halogens is 3. The number of rotatable bonds is 3. The predicted octanol–water partition coefficient (Wildman–Crippen LogP) is 2.81. The summed E-state index contributed by atoms with van der Waals surface area (Å²) in [4.78, 5) is 11.7. The lowest BCUT2D eigenvalue weighted by Gasteiger charge is -2.11. The molecule has 0 aliphatic carbocycles. The molecule has 0 saturated carbocycles. The van der Waals surface area contributed by atoms with Gasteiger partial charge in [0.2, 0.25) is 5.91 Å². The van der Waals surface area contributed by atoms with Gasteiger partial charge in [0.1, 0.15) is 11.6 Å². The van der Waals surface area contributed by atoms with Crippen LogP contribution in [0.1, 0.15) is 19.3 Å². The maximum absolute atomic E-state index is 13.4. The van der Waals surface area contributed by atoms with Gasteiger partial charge in [-0.15, -0.1) is 0 Å². The van der Waals surface area contributed by atoms with Gasteiger partial charge in [-0.05, 0) is 41.4 Å². The Morgan fingerprint density at radius 3 is 2.89 bits per heavy atom. The molecule has 1 amide bonds. The number of anilines is 1. The summed E-state index contributed by atoms with van der Waals surface area (Å²) >= 11 is 2.95. The minimum Gasteiger partial charge on any atom is -0.324 e. The summed E-state index contributed by atoms with van der Waals surface area (Å²) in [6.07, 6.45) is 2.30. The van der Waals surface area contributed by atoms with Crippen LogP contribution in [-0.2, 0) is 4.79 Å². The Bertz CT molecular complexity index is 462. The van der Waals surface area contributed by atoms with Gasteiger partial charge in [0, 0.05) is 18.5 Å². The lowest BCUT2D eigenvalue weighted by molar-refractivity contribution is -0.116. The fourth-order valence-electron chi connectivity index (χ4n) is 1.97. The van der Waals surface area contributed by atoms with E-state index in [2.05, 4.69) is 26.6 Å². The molecule has 1 fully saturated rings. The topological polar surface area (TPSA) is 41.1 Å². The van der Waals surface area contributed by atoms with Crippen molar-refractivity contribution in [2.45, 2.75) is 25.3 Å². The maximum Gasteiger partial charge on any atom is 0.226 e. The molecule has 1 atom stereocenters. The Hall–Kier alpha value is -1.01. The summed E-state index contributed by atoms with van der Waals surface area (Å²) in [5.41, 5.74) is -0.00808. The number of amides is 1. The van der Waals surface area contributed by atoms with Gasteiger partial charge in [-0.1, -0.05) is 0 Å². The first kappa shape index (κ1) is 13.4. The van der Waals surface area contributed by atoms with Crippen molar-refractivity contribution in [2.24, 2.45) is 0 Å². The number of benzene rings is 1. The van der Waals surface area contributed by atoms with Gasteiger partial charge in [-0.3, -0.25) is 4.79 Å². The van der Waals surface area contributed by atoms with Crippen LogP contribution in [0.25, 0.3) is 0 Å². The molecule has 18 heavy (non-hydrogen) atoms. The Morgan fingerprint density at radius 2 is 2.22 bits per heavy atom. The third kappa shape index (κ3) is 3.26. The van der Waals surface area contributed by atoms with Crippen LogP contribution in [0, 0.1) is 11.6 Å². The molecule has 2 N–H and O–H groups in total. The average molecular weight is 319 g/mol. The molecule has 2 rings (SSSR count). The summed E-state index contributed by atoms with van der Waals surface area (Å²) in [7, 11) is 0. The Morgan fingerprint density at radius 1 is 1.44 bits per heavy atom. The first-order valence-electron chi connectivity index (χ1n) is 5.74. The van der Waals surface area contributed by atoms with Crippen LogP contribution in [0.5, 0.6) is 0 Å². The monoisotopic (exact) mass is 318 g/mol. The largest absolute Gasteiger partial charge is 0.324 e. The Labute approximate surface area is 112 Å². The Balaban J connectivity index is 2.00. The van der Waals surface area contributed by atoms with Crippen LogP contribution >= 0.6 is 15.9 Å². The van der Waals surface area contributed by atoms with E-state index in [-0.39, 0.29) is 22.1 Å². The second kappa shape index (κ2) is 5.75. The van der Waals surface area contributed by atoms with E-state index >= 15 is 0 Å². The van der Waals surface area contributed by atoms with Crippen molar-refractivity contribution < 1.29 is 13.6 Å². The average Bonchev–Trinajstić information content (AvgIpc) is 2.78. The number of nitrogens with one attached hydrogen (secondary N) is 2. The van der Waals surface area contributed by atoms with Gasteiger partial charge >= 0.3 is 0 Å². The van der Waals surface area contributed by atoms with Crippen LogP contribution in [0.2, 0.25) is 0 Å². The quantitative estimate of drug-likeness (QED) is 0.841. The van der Waals surface area contributed by atoms with E-state index < -0.39 is 11.6 Å². The van der Waals surface area contributed by atoms with E-state index in [9.17, 15) is 13.6 Å². The van der Waals surface area contributed by atoms with E-state index in [0.29, 0.717) is 6.42 Å². The fourth-order valence-corrected chi connectivity index (χ4v) is 2.32. The van der Waals surface area contributed by atoms with E-state index in [1.807, 2.05) is 0 Å². The van der Waals surface area contributed by atoms with Gasteiger partial charge in [0.05, 0.1) is 10.2 Å². The van der Waals surface area contributed by atoms with Gasteiger partial charge in [-0.25, -0.2) is 8.78 Å². The van der Waals surface area contributed by atoms with Crippen molar-refractivity contribution in [1.29, 1.82) is 0 Å². The molecule has 0 bridgehead atoms. The molecular formula is C12H13BrF2N2O. The Kier molecular flexibility index (Phi) is 4.29. The molecule has 1 aliphatic heterocycles. The second-order valence-electron chi connectivity index (χ2n) is 4.29. The molecule has 1 saturated heterocycles. The summed E-state index contributed by atoms with van der Waals surface area (Å²) in [6.45, 7) is 0.911. The highest BCUT2D eigenvalue weighted by Gasteiger charge is 2.18. The number of hydrogen-bond donors (Lipinski definition) is 2. The number of carbonyl (C=O) groups is 1. The number of hydrogen-bond acceptors (Lipinski definition) is 2. The molecular weight excluding hydrogens is 306 g/mol. The third-order valence-corrected chi connectivity index (χ3v) is 3.49. The molecule has 6 heteroatoms. The van der Waals surface area contributed by atoms with E-state index in [1.54, 1.807) is 0 Å². The van der Waals surface area contributed by atoms with Crippen molar-refractivity contribution >= 4 is 27.5 Å².